The lowest BCUT2D eigenvalue weighted by molar-refractivity contribution is 0.0779. The van der Waals surface area contributed by atoms with Crippen molar-refractivity contribution in [3.8, 4) is 0 Å². The summed E-state index contributed by atoms with van der Waals surface area (Å²) in [5.41, 5.74) is 0.422. The Bertz CT molecular complexity index is 990. The van der Waals surface area contributed by atoms with Crippen LogP contribution in [0.4, 0.5) is 11.8 Å². The second-order valence-electron chi connectivity index (χ2n) is 6.63. The maximum Gasteiger partial charge on any atom is 0.270 e. The van der Waals surface area contributed by atoms with Crippen molar-refractivity contribution in [2.45, 2.75) is 12.1 Å². The first-order chi connectivity index (χ1) is 13.7. The third kappa shape index (κ3) is 3.46. The van der Waals surface area contributed by atoms with Crippen molar-refractivity contribution < 1.29 is 9.53 Å². The van der Waals surface area contributed by atoms with Gasteiger partial charge in [0.2, 0.25) is 5.95 Å². The molecule has 2 atom stereocenters. The highest BCUT2D eigenvalue weighted by Gasteiger charge is 2.35. The largest absolute Gasteiger partial charge is 0.377 e. The van der Waals surface area contributed by atoms with E-state index in [0.717, 1.165) is 16.6 Å². The summed E-state index contributed by atoms with van der Waals surface area (Å²) < 4.78 is 5.62. The molecule has 0 saturated carbocycles. The maximum atomic E-state index is 12.9. The average molecular weight is 378 g/mol. The zero-order chi connectivity index (χ0) is 19.5. The highest BCUT2D eigenvalue weighted by atomic mass is 16.5. The van der Waals surface area contributed by atoms with Crippen molar-refractivity contribution >= 4 is 28.4 Å². The summed E-state index contributed by atoms with van der Waals surface area (Å²) in [6.45, 7) is 1.22. The van der Waals surface area contributed by atoms with Crippen LogP contribution in [0, 0.1) is 0 Å². The SMILES string of the molecule is CNc1nccc(N2C[C@H](OC)[C@H](NC(=O)c3nccc4ccccc34)C2)n1. The number of benzene rings is 1. The molecular formula is C20H22N6O2. The molecule has 1 fully saturated rings. The minimum absolute atomic E-state index is 0.146. The number of fused-ring (bicyclic) bond motifs is 1. The van der Waals surface area contributed by atoms with Gasteiger partial charge in [0.25, 0.3) is 5.91 Å². The van der Waals surface area contributed by atoms with E-state index < -0.39 is 0 Å². The molecule has 144 valence electrons. The minimum atomic E-state index is -0.204. The molecular weight excluding hydrogens is 356 g/mol. The maximum absolute atomic E-state index is 12.9. The number of carbonyl (C=O) groups excluding carboxylic acids is 1. The Morgan fingerprint density at radius 3 is 2.79 bits per heavy atom. The number of rotatable bonds is 5. The zero-order valence-corrected chi connectivity index (χ0v) is 15.8. The first-order valence-corrected chi connectivity index (χ1v) is 9.12. The molecule has 0 radical (unpaired) electrons. The van der Waals surface area contributed by atoms with Crippen LogP contribution in [-0.4, -0.2) is 60.3 Å². The Balaban J connectivity index is 1.54. The molecule has 1 saturated heterocycles. The number of amides is 1. The van der Waals surface area contributed by atoms with Crippen LogP contribution in [0.3, 0.4) is 0 Å². The lowest BCUT2D eigenvalue weighted by Gasteiger charge is -2.18. The smallest absolute Gasteiger partial charge is 0.270 e. The number of nitrogens with one attached hydrogen (secondary N) is 2. The van der Waals surface area contributed by atoms with Gasteiger partial charge in [-0.3, -0.25) is 9.78 Å². The van der Waals surface area contributed by atoms with E-state index in [0.29, 0.717) is 24.7 Å². The molecule has 4 rings (SSSR count). The van der Waals surface area contributed by atoms with Crippen LogP contribution in [0.5, 0.6) is 0 Å². The summed E-state index contributed by atoms with van der Waals surface area (Å²) in [4.78, 5) is 27.9. The number of methoxy groups -OCH3 is 1. The van der Waals surface area contributed by atoms with Crippen molar-refractivity contribution in [2.75, 3.05) is 37.5 Å². The summed E-state index contributed by atoms with van der Waals surface area (Å²) in [6.07, 6.45) is 3.22. The van der Waals surface area contributed by atoms with E-state index in [-0.39, 0.29) is 18.1 Å². The van der Waals surface area contributed by atoms with Gasteiger partial charge >= 0.3 is 0 Å². The number of nitrogens with zero attached hydrogens (tertiary/aromatic N) is 4. The Morgan fingerprint density at radius 2 is 1.96 bits per heavy atom. The summed E-state index contributed by atoms with van der Waals surface area (Å²) in [7, 11) is 3.43. The van der Waals surface area contributed by atoms with Crippen molar-refractivity contribution in [1.82, 2.24) is 20.3 Å². The van der Waals surface area contributed by atoms with Gasteiger partial charge in [-0.05, 0) is 17.5 Å². The van der Waals surface area contributed by atoms with Crippen LogP contribution in [0.25, 0.3) is 10.8 Å². The van der Waals surface area contributed by atoms with Crippen LogP contribution in [0.2, 0.25) is 0 Å². The molecule has 8 nitrogen and oxygen atoms in total. The van der Waals surface area contributed by atoms with Crippen LogP contribution in [0.15, 0.2) is 48.8 Å². The van der Waals surface area contributed by atoms with Crippen molar-refractivity contribution in [3.63, 3.8) is 0 Å². The normalized spacial score (nSPS) is 19.0. The van der Waals surface area contributed by atoms with Crippen molar-refractivity contribution in [1.29, 1.82) is 0 Å². The Kier molecular flexibility index (Phi) is 5.03. The van der Waals surface area contributed by atoms with E-state index >= 15 is 0 Å². The molecule has 1 aromatic carbocycles. The quantitative estimate of drug-likeness (QED) is 0.698. The topological polar surface area (TPSA) is 92.3 Å². The fourth-order valence-electron chi connectivity index (χ4n) is 3.52. The average Bonchev–Trinajstić information content (AvgIpc) is 3.16. The molecule has 3 heterocycles. The van der Waals surface area contributed by atoms with Crippen LogP contribution >= 0.6 is 0 Å². The first kappa shape index (κ1) is 18.1. The monoisotopic (exact) mass is 378 g/mol. The van der Waals surface area contributed by atoms with Gasteiger partial charge in [0.15, 0.2) is 0 Å². The summed E-state index contributed by atoms with van der Waals surface area (Å²) in [5, 5.41) is 7.85. The Morgan fingerprint density at radius 1 is 1.14 bits per heavy atom. The fourth-order valence-corrected chi connectivity index (χ4v) is 3.52. The van der Waals surface area contributed by atoms with Crippen LogP contribution in [0.1, 0.15) is 10.5 Å². The van der Waals surface area contributed by atoms with Gasteiger partial charge < -0.3 is 20.3 Å². The number of pyridine rings is 1. The third-order valence-corrected chi connectivity index (χ3v) is 4.96. The van der Waals surface area contributed by atoms with Crippen LogP contribution in [-0.2, 0) is 4.74 Å². The van der Waals surface area contributed by atoms with E-state index in [4.69, 9.17) is 4.74 Å². The van der Waals surface area contributed by atoms with Crippen LogP contribution < -0.4 is 15.5 Å². The van der Waals surface area contributed by atoms with Gasteiger partial charge in [0.1, 0.15) is 11.5 Å². The first-order valence-electron chi connectivity index (χ1n) is 9.12. The molecule has 8 heteroatoms. The number of ether oxygens (including phenoxy) is 1. The highest BCUT2D eigenvalue weighted by molar-refractivity contribution is 6.05. The van der Waals surface area contributed by atoms with E-state index in [1.54, 1.807) is 26.6 Å². The molecule has 28 heavy (non-hydrogen) atoms. The van der Waals surface area contributed by atoms with Gasteiger partial charge in [-0.15, -0.1) is 0 Å². The number of hydrogen-bond acceptors (Lipinski definition) is 7. The van der Waals surface area contributed by atoms with E-state index in [1.165, 1.54) is 0 Å². The third-order valence-electron chi connectivity index (χ3n) is 4.96. The molecule has 0 unspecified atom stereocenters. The van der Waals surface area contributed by atoms with Gasteiger partial charge in [-0.25, -0.2) is 4.98 Å². The molecule has 0 aliphatic carbocycles. The van der Waals surface area contributed by atoms with E-state index in [9.17, 15) is 4.79 Å². The molecule has 3 aromatic rings. The molecule has 0 bridgehead atoms. The summed E-state index contributed by atoms with van der Waals surface area (Å²) in [6, 6.07) is 11.3. The second kappa shape index (κ2) is 7.77. The molecule has 1 aliphatic heterocycles. The van der Waals surface area contributed by atoms with Crippen molar-refractivity contribution in [3.05, 3.63) is 54.5 Å². The Labute approximate surface area is 163 Å². The zero-order valence-electron chi connectivity index (χ0n) is 15.8. The predicted molar refractivity (Wildman–Crippen MR) is 108 cm³/mol. The number of anilines is 2. The molecule has 0 spiro atoms. The number of aromatic nitrogens is 3. The minimum Gasteiger partial charge on any atom is -0.377 e. The lowest BCUT2D eigenvalue weighted by atomic mass is 10.1. The van der Waals surface area contributed by atoms with Gasteiger partial charge in [0.05, 0.1) is 12.1 Å². The standard InChI is InChI=1S/C20H22N6O2/c1-21-20-23-10-8-17(25-20)26-11-15(16(12-26)28-2)24-19(27)18-14-6-4-3-5-13(14)7-9-22-18/h3-10,15-16H,11-12H2,1-2H3,(H,24,27)(H,21,23,25)/t15-,16+/m1/s1. The van der Waals surface area contributed by atoms with Gasteiger partial charge in [-0.1, -0.05) is 24.3 Å². The molecule has 2 aromatic heterocycles. The summed E-state index contributed by atoms with van der Waals surface area (Å²) >= 11 is 0. The van der Waals surface area contributed by atoms with Gasteiger partial charge in [-0.2, -0.15) is 4.98 Å². The molecule has 1 aliphatic rings. The highest BCUT2D eigenvalue weighted by Crippen LogP contribution is 2.22. The lowest BCUT2D eigenvalue weighted by Crippen LogP contribution is -2.44. The fraction of sp³-hybridized carbons (Fsp3) is 0.300. The predicted octanol–water partition coefficient (Wildman–Crippen LogP) is 1.70. The van der Waals surface area contributed by atoms with Gasteiger partial charge in [0, 0.05) is 45.0 Å². The number of carbonyl (C=O) groups is 1. The summed E-state index contributed by atoms with van der Waals surface area (Å²) in [5.74, 6) is 1.14. The molecule has 1 amide bonds. The molecule has 2 N–H and O–H groups in total. The second-order valence-corrected chi connectivity index (χ2v) is 6.63. The van der Waals surface area contributed by atoms with Crippen molar-refractivity contribution in [2.24, 2.45) is 0 Å². The Hall–Kier alpha value is -3.26. The van der Waals surface area contributed by atoms with E-state index in [1.807, 2.05) is 36.4 Å². The number of hydrogen-bond donors (Lipinski definition) is 2. The van der Waals surface area contributed by atoms with E-state index in [2.05, 4.69) is 30.5 Å².